The summed E-state index contributed by atoms with van der Waals surface area (Å²) >= 11 is 0. The molecule has 0 aromatic heterocycles. The van der Waals surface area contributed by atoms with Gasteiger partial charge in [0.15, 0.2) is 0 Å². The molecule has 2 aliphatic heterocycles. The predicted molar refractivity (Wildman–Crippen MR) is 77.4 cm³/mol. The van der Waals surface area contributed by atoms with Gasteiger partial charge in [-0.15, -0.1) is 0 Å². The standard InChI is InChI=1S/C14H26N4O2/c1-14(5-4-6-15-14)13(20)18-9-7-17(8-10-18)11-12(19)16(2)3/h15H,4-11H2,1-3H3. The maximum Gasteiger partial charge on any atom is 0.242 e. The van der Waals surface area contributed by atoms with Crippen molar-refractivity contribution in [2.45, 2.75) is 25.3 Å². The van der Waals surface area contributed by atoms with Gasteiger partial charge in [-0.3, -0.25) is 14.5 Å². The van der Waals surface area contributed by atoms with Gasteiger partial charge in [0.2, 0.25) is 11.8 Å². The van der Waals surface area contributed by atoms with Crippen molar-refractivity contribution in [1.29, 1.82) is 0 Å². The third kappa shape index (κ3) is 3.30. The van der Waals surface area contributed by atoms with Crippen LogP contribution in [0.5, 0.6) is 0 Å². The normalized spacial score (nSPS) is 27.6. The number of nitrogens with one attached hydrogen (secondary N) is 1. The lowest BCUT2D eigenvalue weighted by Crippen LogP contribution is -2.58. The van der Waals surface area contributed by atoms with Crippen LogP contribution in [-0.2, 0) is 9.59 Å². The van der Waals surface area contributed by atoms with Crippen LogP contribution < -0.4 is 5.32 Å². The van der Waals surface area contributed by atoms with Crippen LogP contribution in [0.1, 0.15) is 19.8 Å². The predicted octanol–water partition coefficient (Wildman–Crippen LogP) is -0.639. The molecule has 2 aliphatic rings. The fourth-order valence-corrected chi connectivity index (χ4v) is 2.87. The molecule has 6 heteroatoms. The summed E-state index contributed by atoms with van der Waals surface area (Å²) in [5.74, 6) is 0.336. The Labute approximate surface area is 121 Å². The average Bonchev–Trinajstić information content (AvgIpc) is 2.87. The van der Waals surface area contributed by atoms with Crippen molar-refractivity contribution in [3.63, 3.8) is 0 Å². The Morgan fingerprint density at radius 1 is 1.20 bits per heavy atom. The second kappa shape index (κ2) is 6.10. The Kier molecular flexibility index (Phi) is 4.65. The summed E-state index contributed by atoms with van der Waals surface area (Å²) in [7, 11) is 3.55. The van der Waals surface area contributed by atoms with Crippen LogP contribution in [0.3, 0.4) is 0 Å². The molecule has 0 bridgehead atoms. The van der Waals surface area contributed by atoms with Gasteiger partial charge in [0.05, 0.1) is 12.1 Å². The second-order valence-corrected chi connectivity index (χ2v) is 6.22. The lowest BCUT2D eigenvalue weighted by atomic mass is 9.98. The smallest absolute Gasteiger partial charge is 0.242 e. The summed E-state index contributed by atoms with van der Waals surface area (Å²) in [5.41, 5.74) is -0.373. The van der Waals surface area contributed by atoms with Gasteiger partial charge in [-0.25, -0.2) is 0 Å². The summed E-state index contributed by atoms with van der Waals surface area (Å²) in [6.07, 6.45) is 1.99. The molecule has 2 saturated heterocycles. The van der Waals surface area contributed by atoms with Crippen molar-refractivity contribution in [1.82, 2.24) is 20.0 Å². The number of hydrogen-bond donors (Lipinski definition) is 1. The Bertz CT molecular complexity index is 369. The van der Waals surface area contributed by atoms with E-state index in [4.69, 9.17) is 0 Å². The van der Waals surface area contributed by atoms with Gasteiger partial charge >= 0.3 is 0 Å². The van der Waals surface area contributed by atoms with Crippen LogP contribution in [0.4, 0.5) is 0 Å². The van der Waals surface area contributed by atoms with Crippen molar-refractivity contribution in [3.05, 3.63) is 0 Å². The van der Waals surface area contributed by atoms with Crippen LogP contribution in [0.15, 0.2) is 0 Å². The van der Waals surface area contributed by atoms with Gasteiger partial charge in [-0.2, -0.15) is 0 Å². The molecular formula is C14H26N4O2. The summed E-state index contributed by atoms with van der Waals surface area (Å²) in [4.78, 5) is 29.9. The van der Waals surface area contributed by atoms with Crippen LogP contribution in [0.2, 0.25) is 0 Å². The molecule has 2 heterocycles. The third-order valence-corrected chi connectivity index (χ3v) is 4.36. The number of piperazine rings is 1. The monoisotopic (exact) mass is 282 g/mol. The quantitative estimate of drug-likeness (QED) is 0.748. The van der Waals surface area contributed by atoms with Crippen molar-refractivity contribution in [2.24, 2.45) is 0 Å². The largest absolute Gasteiger partial charge is 0.348 e. The van der Waals surface area contributed by atoms with Crippen molar-refractivity contribution in [3.8, 4) is 0 Å². The first-order valence-corrected chi connectivity index (χ1v) is 7.39. The van der Waals surface area contributed by atoms with E-state index < -0.39 is 0 Å². The number of carbonyl (C=O) groups is 2. The molecule has 1 N–H and O–H groups in total. The Morgan fingerprint density at radius 3 is 2.35 bits per heavy atom. The van der Waals surface area contributed by atoms with E-state index in [1.807, 2.05) is 11.8 Å². The van der Waals surface area contributed by atoms with E-state index >= 15 is 0 Å². The highest BCUT2D eigenvalue weighted by molar-refractivity contribution is 5.86. The zero-order chi connectivity index (χ0) is 14.8. The summed E-state index contributed by atoms with van der Waals surface area (Å²) in [5, 5.41) is 3.32. The first-order chi connectivity index (χ1) is 9.42. The number of rotatable bonds is 3. The number of likely N-dealkylation sites (N-methyl/N-ethyl adjacent to an activating group) is 1. The molecule has 2 amide bonds. The van der Waals surface area contributed by atoms with Gasteiger partial charge in [0, 0.05) is 40.3 Å². The Morgan fingerprint density at radius 2 is 1.85 bits per heavy atom. The van der Waals surface area contributed by atoms with E-state index in [1.54, 1.807) is 19.0 Å². The highest BCUT2D eigenvalue weighted by Gasteiger charge is 2.39. The molecule has 1 unspecified atom stereocenters. The van der Waals surface area contributed by atoms with E-state index in [-0.39, 0.29) is 17.4 Å². The maximum atomic E-state index is 12.5. The van der Waals surface area contributed by atoms with Crippen LogP contribution in [0, 0.1) is 0 Å². The highest BCUT2D eigenvalue weighted by Crippen LogP contribution is 2.22. The Balaban J connectivity index is 1.82. The first-order valence-electron chi connectivity index (χ1n) is 7.39. The lowest BCUT2D eigenvalue weighted by molar-refractivity contribution is -0.139. The van der Waals surface area contributed by atoms with Crippen LogP contribution >= 0.6 is 0 Å². The number of carbonyl (C=O) groups excluding carboxylic acids is 2. The number of nitrogens with zero attached hydrogens (tertiary/aromatic N) is 3. The van der Waals surface area contributed by atoms with Crippen molar-refractivity contribution >= 4 is 11.8 Å². The topological polar surface area (TPSA) is 55.9 Å². The fraction of sp³-hybridized carbons (Fsp3) is 0.857. The molecule has 0 radical (unpaired) electrons. The average molecular weight is 282 g/mol. The minimum atomic E-state index is -0.373. The van der Waals surface area contributed by atoms with Gasteiger partial charge in [0.25, 0.3) is 0 Å². The van der Waals surface area contributed by atoms with E-state index in [9.17, 15) is 9.59 Å². The number of amides is 2. The molecule has 20 heavy (non-hydrogen) atoms. The van der Waals surface area contributed by atoms with Crippen LogP contribution in [0.25, 0.3) is 0 Å². The molecule has 0 aliphatic carbocycles. The second-order valence-electron chi connectivity index (χ2n) is 6.22. The SMILES string of the molecule is CN(C)C(=O)CN1CCN(C(=O)C2(C)CCCN2)CC1. The molecule has 6 nitrogen and oxygen atoms in total. The molecule has 114 valence electrons. The zero-order valence-electron chi connectivity index (χ0n) is 12.8. The fourth-order valence-electron chi connectivity index (χ4n) is 2.87. The molecule has 0 aromatic rings. The van der Waals surface area contributed by atoms with Crippen LogP contribution in [-0.4, -0.2) is 85.4 Å². The van der Waals surface area contributed by atoms with E-state index in [0.717, 1.165) is 45.6 Å². The molecule has 2 fully saturated rings. The number of hydrogen-bond acceptors (Lipinski definition) is 4. The molecule has 0 saturated carbocycles. The molecule has 2 rings (SSSR count). The maximum absolute atomic E-state index is 12.5. The lowest BCUT2D eigenvalue weighted by Gasteiger charge is -2.38. The van der Waals surface area contributed by atoms with Crippen molar-refractivity contribution < 1.29 is 9.59 Å². The zero-order valence-corrected chi connectivity index (χ0v) is 12.8. The van der Waals surface area contributed by atoms with Gasteiger partial charge in [-0.05, 0) is 26.3 Å². The van der Waals surface area contributed by atoms with E-state index in [0.29, 0.717) is 6.54 Å². The Hall–Kier alpha value is -1.14. The van der Waals surface area contributed by atoms with Crippen molar-refractivity contribution in [2.75, 3.05) is 53.4 Å². The summed E-state index contributed by atoms with van der Waals surface area (Å²) in [6, 6.07) is 0. The third-order valence-electron chi connectivity index (χ3n) is 4.36. The van der Waals surface area contributed by atoms with E-state index in [2.05, 4.69) is 10.2 Å². The minimum absolute atomic E-state index is 0.120. The molecular weight excluding hydrogens is 256 g/mol. The molecule has 1 atom stereocenters. The first kappa shape index (κ1) is 15.3. The summed E-state index contributed by atoms with van der Waals surface area (Å²) in [6.45, 7) is 6.38. The summed E-state index contributed by atoms with van der Waals surface area (Å²) < 4.78 is 0. The van der Waals surface area contributed by atoms with Gasteiger partial charge < -0.3 is 15.1 Å². The van der Waals surface area contributed by atoms with Gasteiger partial charge in [-0.1, -0.05) is 0 Å². The molecule has 0 aromatic carbocycles. The minimum Gasteiger partial charge on any atom is -0.348 e. The van der Waals surface area contributed by atoms with Gasteiger partial charge in [0.1, 0.15) is 0 Å². The highest BCUT2D eigenvalue weighted by atomic mass is 16.2. The van der Waals surface area contributed by atoms with E-state index in [1.165, 1.54) is 0 Å². The molecule has 0 spiro atoms.